The second-order valence-electron chi connectivity index (χ2n) is 7.96. The Bertz CT molecular complexity index is 1440. The maximum atomic E-state index is 15.4. The molecule has 1 aliphatic rings. The van der Waals surface area contributed by atoms with Crippen LogP contribution in [0, 0.1) is 5.82 Å². The van der Waals surface area contributed by atoms with Gasteiger partial charge in [0.1, 0.15) is 5.69 Å². The third-order valence-electron chi connectivity index (χ3n) is 5.51. The first-order valence-electron chi connectivity index (χ1n) is 10.9. The second-order valence-corrected chi connectivity index (χ2v) is 9.34. The zero-order valence-electron chi connectivity index (χ0n) is 18.6. The topological polar surface area (TPSA) is 102 Å². The van der Waals surface area contributed by atoms with Gasteiger partial charge in [-0.25, -0.2) is 14.1 Å². The Morgan fingerprint density at radius 3 is 2.80 bits per heavy atom. The lowest BCUT2D eigenvalue weighted by atomic mass is 9.95. The van der Waals surface area contributed by atoms with Crippen LogP contribution in [-0.2, 0) is 22.4 Å². The van der Waals surface area contributed by atoms with Gasteiger partial charge in [-0.1, -0.05) is 11.3 Å². The van der Waals surface area contributed by atoms with Crippen LogP contribution < -0.4 is 10.6 Å². The fourth-order valence-electron chi connectivity index (χ4n) is 4.05. The summed E-state index contributed by atoms with van der Waals surface area (Å²) in [6.45, 7) is 1.43. The van der Waals surface area contributed by atoms with Crippen molar-refractivity contribution in [3.8, 4) is 27.5 Å². The average molecular weight is 511 g/mol. The number of pyridine rings is 1. The predicted molar refractivity (Wildman–Crippen MR) is 134 cm³/mol. The number of nitrogens with zero attached hydrogens (tertiary/aromatic N) is 4. The number of rotatable bonds is 6. The standard InChI is InChI=1S/C24H20ClFN6O2S/c1-13(33)28-24-30-18-6-5-16-21(14-3-2-10-27-12-14)31-32(22(16)23(18)35-24)19-7-4-15(11-17(19)26)29-20(34)8-9-25/h2-4,7,10-12H,5-6,8-9H2,1H3,(H,29,34)(H,28,30,33). The molecule has 11 heteroatoms. The number of hydrogen-bond acceptors (Lipinski definition) is 6. The molecule has 0 fully saturated rings. The first kappa shape index (κ1) is 23.1. The van der Waals surface area contributed by atoms with Gasteiger partial charge in [0.05, 0.1) is 22.0 Å². The van der Waals surface area contributed by atoms with Crippen LogP contribution >= 0.6 is 22.9 Å². The number of halogens is 2. The molecule has 0 saturated carbocycles. The number of amides is 2. The molecule has 3 heterocycles. The van der Waals surface area contributed by atoms with Crippen LogP contribution in [0.1, 0.15) is 24.6 Å². The van der Waals surface area contributed by atoms with Gasteiger partial charge in [0.25, 0.3) is 0 Å². The third-order valence-corrected chi connectivity index (χ3v) is 6.72. The third kappa shape index (κ3) is 4.54. The van der Waals surface area contributed by atoms with E-state index in [9.17, 15) is 9.59 Å². The molecule has 1 aromatic carbocycles. The van der Waals surface area contributed by atoms with E-state index in [1.54, 1.807) is 29.2 Å². The maximum absolute atomic E-state index is 15.4. The predicted octanol–water partition coefficient (Wildman–Crippen LogP) is 4.82. The molecular weight excluding hydrogens is 491 g/mol. The van der Waals surface area contributed by atoms with E-state index >= 15 is 4.39 Å². The molecule has 0 saturated heterocycles. The Kier molecular flexibility index (Phi) is 6.31. The number of aryl methyl sites for hydroxylation is 1. The number of thiazole rings is 1. The lowest BCUT2D eigenvalue weighted by Gasteiger charge is -2.15. The summed E-state index contributed by atoms with van der Waals surface area (Å²) < 4.78 is 17.0. The van der Waals surface area contributed by atoms with Gasteiger partial charge in [-0.3, -0.25) is 14.6 Å². The van der Waals surface area contributed by atoms with Gasteiger partial charge in [0.2, 0.25) is 11.8 Å². The van der Waals surface area contributed by atoms with E-state index in [2.05, 4.69) is 20.6 Å². The number of aromatic nitrogens is 4. The SMILES string of the molecule is CC(=O)Nc1nc2c(s1)-c1c(c(-c3cccnc3)nn1-c1ccc(NC(=O)CCCl)cc1F)CC2. The summed E-state index contributed by atoms with van der Waals surface area (Å²) in [6, 6.07) is 8.21. The summed E-state index contributed by atoms with van der Waals surface area (Å²) in [7, 11) is 0. The molecule has 0 bridgehead atoms. The summed E-state index contributed by atoms with van der Waals surface area (Å²) in [5, 5.41) is 10.7. The number of alkyl halides is 1. The first-order chi connectivity index (χ1) is 16.9. The minimum Gasteiger partial charge on any atom is -0.326 e. The highest BCUT2D eigenvalue weighted by Crippen LogP contribution is 2.44. The Labute approximate surface area is 209 Å². The lowest BCUT2D eigenvalue weighted by molar-refractivity contribution is -0.116. The van der Waals surface area contributed by atoms with Crippen LogP contribution in [0.2, 0.25) is 0 Å². The summed E-state index contributed by atoms with van der Waals surface area (Å²) >= 11 is 6.95. The van der Waals surface area contributed by atoms with Crippen molar-refractivity contribution in [3.63, 3.8) is 0 Å². The minimum atomic E-state index is -0.546. The smallest absolute Gasteiger partial charge is 0.225 e. The second kappa shape index (κ2) is 9.55. The van der Waals surface area contributed by atoms with Crippen molar-refractivity contribution in [2.75, 3.05) is 16.5 Å². The molecule has 1 aliphatic carbocycles. The molecule has 4 aromatic rings. The van der Waals surface area contributed by atoms with Crippen LogP contribution in [0.4, 0.5) is 15.2 Å². The Hall–Kier alpha value is -3.63. The number of nitrogens with one attached hydrogen (secondary N) is 2. The highest BCUT2D eigenvalue weighted by molar-refractivity contribution is 7.19. The molecule has 2 amide bonds. The maximum Gasteiger partial charge on any atom is 0.225 e. The van der Waals surface area contributed by atoms with Gasteiger partial charge >= 0.3 is 0 Å². The van der Waals surface area contributed by atoms with Crippen molar-refractivity contribution in [2.24, 2.45) is 0 Å². The van der Waals surface area contributed by atoms with Gasteiger partial charge in [0.15, 0.2) is 10.9 Å². The largest absolute Gasteiger partial charge is 0.326 e. The van der Waals surface area contributed by atoms with Crippen LogP contribution in [0.15, 0.2) is 42.7 Å². The highest BCUT2D eigenvalue weighted by atomic mass is 35.5. The van der Waals surface area contributed by atoms with Gasteiger partial charge in [-0.2, -0.15) is 5.10 Å². The fraction of sp³-hybridized carbons (Fsp3) is 0.208. The molecule has 3 aromatic heterocycles. The van der Waals surface area contributed by atoms with E-state index in [0.717, 1.165) is 27.4 Å². The van der Waals surface area contributed by atoms with Crippen molar-refractivity contribution >= 4 is 45.6 Å². The van der Waals surface area contributed by atoms with Crippen LogP contribution in [0.25, 0.3) is 27.5 Å². The first-order valence-corrected chi connectivity index (χ1v) is 12.3. The van der Waals surface area contributed by atoms with Crippen LogP contribution in [0.5, 0.6) is 0 Å². The monoisotopic (exact) mass is 510 g/mol. The van der Waals surface area contributed by atoms with E-state index in [1.165, 1.54) is 24.3 Å². The molecule has 0 aliphatic heterocycles. The molecule has 0 unspecified atom stereocenters. The highest BCUT2D eigenvalue weighted by Gasteiger charge is 2.30. The van der Waals surface area contributed by atoms with E-state index in [1.807, 2.05) is 12.1 Å². The summed E-state index contributed by atoms with van der Waals surface area (Å²) in [4.78, 5) is 33.1. The van der Waals surface area contributed by atoms with Crippen molar-refractivity contribution in [1.82, 2.24) is 19.7 Å². The molecule has 178 valence electrons. The summed E-state index contributed by atoms with van der Waals surface area (Å²) in [6.07, 6.45) is 4.88. The van der Waals surface area contributed by atoms with E-state index in [4.69, 9.17) is 16.7 Å². The lowest BCUT2D eigenvalue weighted by Crippen LogP contribution is -2.12. The minimum absolute atomic E-state index is 0.136. The molecule has 0 radical (unpaired) electrons. The Balaban J connectivity index is 1.64. The molecular formula is C24H20ClFN6O2S. The normalized spacial score (nSPS) is 12.1. The van der Waals surface area contributed by atoms with E-state index < -0.39 is 5.82 Å². The molecule has 0 spiro atoms. The number of carbonyl (C=O) groups excluding carboxylic acids is 2. The average Bonchev–Trinajstić information content (AvgIpc) is 3.40. The van der Waals surface area contributed by atoms with Crippen molar-refractivity contribution in [3.05, 3.63) is 59.8 Å². The van der Waals surface area contributed by atoms with E-state index in [0.29, 0.717) is 29.4 Å². The molecule has 5 rings (SSSR count). The Morgan fingerprint density at radius 1 is 1.23 bits per heavy atom. The molecule has 35 heavy (non-hydrogen) atoms. The number of hydrogen-bond donors (Lipinski definition) is 2. The van der Waals surface area contributed by atoms with Gasteiger partial charge in [-0.15, -0.1) is 11.6 Å². The number of fused-ring (bicyclic) bond motifs is 3. The molecule has 2 N–H and O–H groups in total. The van der Waals surface area contributed by atoms with Crippen LogP contribution in [0.3, 0.4) is 0 Å². The number of benzene rings is 1. The number of carbonyl (C=O) groups is 2. The zero-order valence-corrected chi connectivity index (χ0v) is 20.2. The summed E-state index contributed by atoms with van der Waals surface area (Å²) in [5.74, 6) is -0.864. The molecule has 8 nitrogen and oxygen atoms in total. The Morgan fingerprint density at radius 2 is 2.09 bits per heavy atom. The summed E-state index contributed by atoms with van der Waals surface area (Å²) in [5.41, 5.74) is 4.63. The zero-order chi connectivity index (χ0) is 24.5. The fourth-order valence-corrected chi connectivity index (χ4v) is 5.34. The van der Waals surface area contributed by atoms with Crippen molar-refractivity contribution in [1.29, 1.82) is 0 Å². The van der Waals surface area contributed by atoms with Crippen molar-refractivity contribution in [2.45, 2.75) is 26.2 Å². The van der Waals surface area contributed by atoms with Crippen molar-refractivity contribution < 1.29 is 14.0 Å². The number of anilines is 2. The van der Waals surface area contributed by atoms with Gasteiger partial charge in [0, 0.05) is 48.4 Å². The quantitative estimate of drug-likeness (QED) is 0.362. The van der Waals surface area contributed by atoms with Crippen LogP contribution in [-0.4, -0.2) is 37.4 Å². The van der Waals surface area contributed by atoms with Gasteiger partial charge in [-0.05, 0) is 43.2 Å². The molecule has 0 atom stereocenters. The van der Waals surface area contributed by atoms with Gasteiger partial charge < -0.3 is 10.6 Å². The van der Waals surface area contributed by atoms with E-state index in [-0.39, 0.29) is 29.8 Å².